The lowest BCUT2D eigenvalue weighted by molar-refractivity contribution is 0.952. The fourth-order valence-corrected chi connectivity index (χ4v) is 2.82. The molecular weight excluding hydrogens is 334 g/mol. The number of nitriles is 1. The van der Waals surface area contributed by atoms with Gasteiger partial charge in [-0.05, 0) is 6.08 Å². The van der Waals surface area contributed by atoms with Crippen molar-refractivity contribution in [2.24, 2.45) is 0 Å². The minimum Gasteiger partial charge on any atom is -0.368 e. The van der Waals surface area contributed by atoms with Crippen LogP contribution in [0.4, 0.5) is 11.9 Å². The maximum atomic E-state index is 9.49. The van der Waals surface area contributed by atoms with Crippen LogP contribution < -0.4 is 10.6 Å². The number of hydrogen-bond donors (Lipinski definition) is 1. The molecule has 2 N–H and O–H groups in total. The maximum absolute atomic E-state index is 9.49. The molecular formula is C17H15N7S. The second-order valence-electron chi connectivity index (χ2n) is 5.32. The molecule has 2 aromatic heterocycles. The molecule has 0 aliphatic rings. The molecule has 0 saturated heterocycles. The average Bonchev–Trinajstić information content (AvgIpc) is 3.08. The van der Waals surface area contributed by atoms with Gasteiger partial charge in [-0.3, -0.25) is 0 Å². The van der Waals surface area contributed by atoms with Crippen LogP contribution in [0.15, 0.2) is 35.7 Å². The topological polar surface area (TPSA) is 105 Å². The molecule has 0 bridgehead atoms. The molecule has 0 spiro atoms. The standard InChI is InChI=1S/C17H15N7S/c1-24(2)17-22-15(21-16(19)23-17)12(9-18)8-14-20-13(10-25-14)11-6-4-3-5-7-11/h3-8,10H,1-2H3,(H2,19,21,22,23)/b12-8+. The summed E-state index contributed by atoms with van der Waals surface area (Å²) in [6.07, 6.45) is 1.66. The van der Waals surface area contributed by atoms with Gasteiger partial charge < -0.3 is 10.6 Å². The lowest BCUT2D eigenvalue weighted by atomic mass is 10.2. The van der Waals surface area contributed by atoms with E-state index in [4.69, 9.17) is 5.73 Å². The quantitative estimate of drug-likeness (QED) is 0.722. The summed E-state index contributed by atoms with van der Waals surface area (Å²) in [4.78, 5) is 18.6. The third-order valence-electron chi connectivity index (χ3n) is 3.26. The van der Waals surface area contributed by atoms with Crippen molar-refractivity contribution in [3.63, 3.8) is 0 Å². The average molecular weight is 349 g/mol. The summed E-state index contributed by atoms with van der Waals surface area (Å²) in [6, 6.07) is 12.0. The van der Waals surface area contributed by atoms with Crippen molar-refractivity contribution in [3.8, 4) is 17.3 Å². The van der Waals surface area contributed by atoms with Gasteiger partial charge in [-0.2, -0.15) is 20.2 Å². The van der Waals surface area contributed by atoms with Crippen LogP contribution in [0.2, 0.25) is 0 Å². The fraction of sp³-hybridized carbons (Fsp3) is 0.118. The molecule has 1 aromatic carbocycles. The summed E-state index contributed by atoms with van der Waals surface area (Å²) in [5.74, 6) is 0.696. The number of benzene rings is 1. The summed E-state index contributed by atoms with van der Waals surface area (Å²) in [7, 11) is 3.59. The first-order chi connectivity index (χ1) is 12.1. The van der Waals surface area contributed by atoms with Gasteiger partial charge in [0.15, 0.2) is 5.82 Å². The first-order valence-corrected chi connectivity index (χ1v) is 8.27. The van der Waals surface area contributed by atoms with E-state index in [1.807, 2.05) is 35.7 Å². The Bertz CT molecular complexity index is 955. The predicted molar refractivity (Wildman–Crippen MR) is 99.6 cm³/mol. The van der Waals surface area contributed by atoms with Crippen molar-refractivity contribution in [1.82, 2.24) is 19.9 Å². The van der Waals surface area contributed by atoms with Crippen molar-refractivity contribution in [1.29, 1.82) is 5.26 Å². The van der Waals surface area contributed by atoms with Gasteiger partial charge in [0.05, 0.1) is 11.3 Å². The van der Waals surface area contributed by atoms with Gasteiger partial charge in [0, 0.05) is 25.0 Å². The minimum absolute atomic E-state index is 0.0685. The van der Waals surface area contributed by atoms with Gasteiger partial charge >= 0.3 is 0 Å². The van der Waals surface area contributed by atoms with Gasteiger partial charge in [-0.15, -0.1) is 11.3 Å². The highest BCUT2D eigenvalue weighted by Gasteiger charge is 2.12. The van der Waals surface area contributed by atoms with E-state index >= 15 is 0 Å². The summed E-state index contributed by atoms with van der Waals surface area (Å²) >= 11 is 1.45. The molecule has 0 aliphatic carbocycles. The monoisotopic (exact) mass is 349 g/mol. The van der Waals surface area contributed by atoms with Crippen molar-refractivity contribution in [3.05, 3.63) is 46.5 Å². The molecule has 8 heteroatoms. The van der Waals surface area contributed by atoms with E-state index in [9.17, 15) is 5.26 Å². The number of anilines is 2. The summed E-state index contributed by atoms with van der Waals surface area (Å²) in [6.45, 7) is 0. The van der Waals surface area contributed by atoms with E-state index in [0.29, 0.717) is 11.0 Å². The number of thiazole rings is 1. The smallest absolute Gasteiger partial charge is 0.230 e. The summed E-state index contributed by atoms with van der Waals surface area (Å²) < 4.78 is 0. The Balaban J connectivity index is 1.97. The zero-order chi connectivity index (χ0) is 17.8. The number of nitrogen functional groups attached to an aromatic ring is 1. The van der Waals surface area contributed by atoms with Crippen LogP contribution in [0.1, 0.15) is 10.8 Å². The molecule has 0 unspecified atom stereocenters. The second kappa shape index (κ2) is 7.07. The lowest BCUT2D eigenvalue weighted by Crippen LogP contribution is -2.15. The third kappa shape index (κ3) is 3.79. The van der Waals surface area contributed by atoms with E-state index in [1.165, 1.54) is 11.3 Å². The number of allylic oxidation sites excluding steroid dienone is 1. The summed E-state index contributed by atoms with van der Waals surface area (Å²) in [5.41, 5.74) is 7.89. The number of hydrogen-bond acceptors (Lipinski definition) is 8. The van der Waals surface area contributed by atoms with Crippen molar-refractivity contribution in [2.75, 3.05) is 24.7 Å². The van der Waals surface area contributed by atoms with Crippen LogP contribution in [0.3, 0.4) is 0 Å². The highest BCUT2D eigenvalue weighted by atomic mass is 32.1. The van der Waals surface area contributed by atoms with Crippen LogP contribution >= 0.6 is 11.3 Å². The molecule has 0 amide bonds. The molecule has 2 heterocycles. The number of rotatable bonds is 4. The van der Waals surface area contributed by atoms with Crippen molar-refractivity contribution < 1.29 is 0 Å². The van der Waals surface area contributed by atoms with Gasteiger partial charge in [0.1, 0.15) is 11.1 Å². The van der Waals surface area contributed by atoms with E-state index in [2.05, 4.69) is 26.0 Å². The Morgan fingerprint density at radius 2 is 1.92 bits per heavy atom. The molecule has 25 heavy (non-hydrogen) atoms. The van der Waals surface area contributed by atoms with Gasteiger partial charge in [-0.1, -0.05) is 30.3 Å². The highest BCUT2D eigenvalue weighted by molar-refractivity contribution is 7.10. The predicted octanol–water partition coefficient (Wildman–Crippen LogP) is 2.71. The maximum Gasteiger partial charge on any atom is 0.230 e. The van der Waals surface area contributed by atoms with Crippen LogP contribution in [0.25, 0.3) is 22.9 Å². The van der Waals surface area contributed by atoms with Gasteiger partial charge in [0.25, 0.3) is 0 Å². The molecule has 124 valence electrons. The van der Waals surface area contributed by atoms with Crippen LogP contribution in [0.5, 0.6) is 0 Å². The molecule has 3 rings (SSSR count). The number of nitrogens with two attached hydrogens (primary N) is 1. The first-order valence-electron chi connectivity index (χ1n) is 7.39. The zero-order valence-corrected chi connectivity index (χ0v) is 14.5. The van der Waals surface area contributed by atoms with Crippen LogP contribution in [-0.4, -0.2) is 34.0 Å². The largest absolute Gasteiger partial charge is 0.368 e. The van der Waals surface area contributed by atoms with Crippen LogP contribution in [0, 0.1) is 11.3 Å². The minimum atomic E-state index is 0.0685. The van der Waals surface area contributed by atoms with Crippen molar-refractivity contribution in [2.45, 2.75) is 0 Å². The first kappa shape index (κ1) is 16.5. The van der Waals surface area contributed by atoms with E-state index in [0.717, 1.165) is 11.3 Å². The lowest BCUT2D eigenvalue weighted by Gasteiger charge is -2.10. The normalized spacial score (nSPS) is 11.2. The third-order valence-corrected chi connectivity index (χ3v) is 4.05. The molecule has 7 nitrogen and oxygen atoms in total. The summed E-state index contributed by atoms with van der Waals surface area (Å²) in [5, 5.41) is 12.1. The number of aromatic nitrogens is 4. The van der Waals surface area contributed by atoms with E-state index in [-0.39, 0.29) is 17.3 Å². The van der Waals surface area contributed by atoms with E-state index in [1.54, 1.807) is 25.1 Å². The fourth-order valence-electron chi connectivity index (χ4n) is 2.07. The van der Waals surface area contributed by atoms with Crippen molar-refractivity contribution >= 4 is 34.9 Å². The van der Waals surface area contributed by atoms with Gasteiger partial charge in [0.2, 0.25) is 11.9 Å². The van der Waals surface area contributed by atoms with Crippen LogP contribution in [-0.2, 0) is 0 Å². The SMILES string of the molecule is CN(C)c1nc(N)nc(/C(C#N)=C/c2nc(-c3ccccc3)cs2)n1. The molecule has 0 saturated carbocycles. The second-order valence-corrected chi connectivity index (χ2v) is 6.21. The number of nitrogens with zero attached hydrogens (tertiary/aromatic N) is 6. The Morgan fingerprint density at radius 1 is 1.16 bits per heavy atom. The molecule has 0 fully saturated rings. The highest BCUT2D eigenvalue weighted by Crippen LogP contribution is 2.24. The zero-order valence-electron chi connectivity index (χ0n) is 13.7. The Labute approximate surface area is 149 Å². The Kier molecular flexibility index (Phi) is 4.68. The molecule has 3 aromatic rings. The van der Waals surface area contributed by atoms with E-state index < -0.39 is 0 Å². The molecule has 0 aliphatic heterocycles. The molecule has 0 atom stereocenters. The molecule has 0 radical (unpaired) electrons. The Hall–Kier alpha value is -3.31. The Morgan fingerprint density at radius 3 is 2.60 bits per heavy atom. The van der Waals surface area contributed by atoms with Gasteiger partial charge in [-0.25, -0.2) is 4.98 Å².